The lowest BCUT2D eigenvalue weighted by molar-refractivity contribution is -0.118. The maximum Gasteiger partial charge on any atom is 0.248 e. The van der Waals surface area contributed by atoms with Crippen molar-refractivity contribution in [3.8, 4) is 0 Å². The Balaban J connectivity index is 1.60. The van der Waals surface area contributed by atoms with E-state index in [1.807, 2.05) is 4.90 Å². The molecule has 1 aromatic rings. The molecule has 1 aromatic carbocycles. The third kappa shape index (κ3) is 5.01. The number of aryl methyl sites for hydroxylation is 1. The highest BCUT2D eigenvalue weighted by molar-refractivity contribution is 8.16. The standard InChI is InChI=1S/C24H35N3O3S2/c1-4-26(5-2)19-11-12-20(17(3)14-19)27-21-15-32(29,30)16-22(21)31-24(27)25-23(28)13-10-18-8-6-7-9-18/h11-12,14,18,21-22H,4-10,13,15-16H2,1-3H3/t21-,22-/m1/s1. The summed E-state index contributed by atoms with van der Waals surface area (Å²) in [6.45, 7) is 8.20. The van der Waals surface area contributed by atoms with Crippen LogP contribution < -0.4 is 9.80 Å². The van der Waals surface area contributed by atoms with E-state index in [2.05, 4.69) is 48.9 Å². The lowest BCUT2D eigenvalue weighted by atomic mass is 10.0. The first-order chi connectivity index (χ1) is 15.3. The van der Waals surface area contributed by atoms with E-state index in [4.69, 9.17) is 0 Å². The number of amides is 1. The second kappa shape index (κ2) is 9.75. The second-order valence-electron chi connectivity index (χ2n) is 9.29. The maximum atomic E-state index is 12.7. The number of anilines is 2. The predicted octanol–water partition coefficient (Wildman–Crippen LogP) is 4.41. The number of thioether (sulfide) groups is 1. The molecule has 0 aromatic heterocycles. The largest absolute Gasteiger partial charge is 0.372 e. The average molecular weight is 478 g/mol. The van der Waals surface area contributed by atoms with Crippen LogP contribution in [0.4, 0.5) is 11.4 Å². The highest BCUT2D eigenvalue weighted by Gasteiger charge is 2.49. The Kier molecular flexibility index (Phi) is 7.20. The van der Waals surface area contributed by atoms with Gasteiger partial charge < -0.3 is 9.80 Å². The molecule has 2 heterocycles. The van der Waals surface area contributed by atoms with Crippen molar-refractivity contribution >= 4 is 44.0 Å². The summed E-state index contributed by atoms with van der Waals surface area (Å²) in [6.07, 6.45) is 6.40. The minimum Gasteiger partial charge on any atom is -0.372 e. The molecular weight excluding hydrogens is 442 g/mol. The quantitative estimate of drug-likeness (QED) is 0.579. The summed E-state index contributed by atoms with van der Waals surface area (Å²) in [5.41, 5.74) is 3.19. The van der Waals surface area contributed by atoms with Crippen molar-refractivity contribution < 1.29 is 13.2 Å². The molecule has 1 saturated carbocycles. The number of carbonyl (C=O) groups excluding carboxylic acids is 1. The zero-order valence-electron chi connectivity index (χ0n) is 19.4. The minimum absolute atomic E-state index is 0.0664. The van der Waals surface area contributed by atoms with Crippen LogP contribution in [0.25, 0.3) is 0 Å². The molecule has 1 aliphatic carbocycles. The summed E-state index contributed by atoms with van der Waals surface area (Å²) in [5, 5.41) is 0.605. The fourth-order valence-corrected chi connectivity index (χ4v) is 9.25. The van der Waals surface area contributed by atoms with E-state index >= 15 is 0 Å². The van der Waals surface area contributed by atoms with E-state index < -0.39 is 9.84 Å². The van der Waals surface area contributed by atoms with Gasteiger partial charge in [-0.25, -0.2) is 8.42 Å². The fraction of sp³-hybridized carbons (Fsp3) is 0.667. The van der Waals surface area contributed by atoms with Crippen LogP contribution in [-0.4, -0.2) is 55.4 Å². The van der Waals surface area contributed by atoms with Gasteiger partial charge in [0, 0.05) is 36.1 Å². The van der Waals surface area contributed by atoms with Crippen LogP contribution in [0.1, 0.15) is 57.9 Å². The Labute approximate surface area is 196 Å². The van der Waals surface area contributed by atoms with Gasteiger partial charge in [-0.1, -0.05) is 37.4 Å². The topological polar surface area (TPSA) is 70.0 Å². The van der Waals surface area contributed by atoms with E-state index in [9.17, 15) is 13.2 Å². The summed E-state index contributed by atoms with van der Waals surface area (Å²) in [6, 6.07) is 6.15. The lowest BCUT2D eigenvalue weighted by Gasteiger charge is -2.28. The molecule has 0 radical (unpaired) electrons. The van der Waals surface area contributed by atoms with Crippen molar-refractivity contribution in [1.29, 1.82) is 0 Å². The smallest absolute Gasteiger partial charge is 0.248 e. The summed E-state index contributed by atoms with van der Waals surface area (Å²) in [4.78, 5) is 21.6. The Bertz CT molecular complexity index is 982. The Morgan fingerprint density at radius 2 is 1.91 bits per heavy atom. The molecular formula is C24H35N3O3S2. The van der Waals surface area contributed by atoms with Crippen molar-refractivity contribution in [2.75, 3.05) is 34.4 Å². The van der Waals surface area contributed by atoms with Gasteiger partial charge in [0.1, 0.15) is 0 Å². The monoisotopic (exact) mass is 477 g/mol. The number of hydrogen-bond acceptors (Lipinski definition) is 5. The number of rotatable bonds is 7. The first kappa shape index (κ1) is 23.6. The van der Waals surface area contributed by atoms with Gasteiger partial charge in [-0.15, -0.1) is 0 Å². The number of sulfone groups is 1. The van der Waals surface area contributed by atoms with Gasteiger partial charge in [0.25, 0.3) is 0 Å². The van der Waals surface area contributed by atoms with Gasteiger partial charge in [0.2, 0.25) is 5.91 Å². The van der Waals surface area contributed by atoms with Gasteiger partial charge in [-0.2, -0.15) is 4.99 Å². The van der Waals surface area contributed by atoms with Crippen LogP contribution in [0.15, 0.2) is 23.2 Å². The molecule has 0 bridgehead atoms. The summed E-state index contributed by atoms with van der Waals surface area (Å²) >= 11 is 1.47. The van der Waals surface area contributed by atoms with Crippen molar-refractivity contribution in [2.24, 2.45) is 10.9 Å². The van der Waals surface area contributed by atoms with Crippen molar-refractivity contribution in [3.63, 3.8) is 0 Å². The molecule has 0 spiro atoms. The van der Waals surface area contributed by atoms with Crippen LogP contribution >= 0.6 is 11.8 Å². The molecule has 3 aliphatic rings. The number of nitrogens with zero attached hydrogens (tertiary/aromatic N) is 3. The summed E-state index contributed by atoms with van der Waals surface area (Å²) in [7, 11) is -3.07. The second-order valence-corrected chi connectivity index (χ2v) is 12.7. The number of carbonyl (C=O) groups is 1. The van der Waals surface area contributed by atoms with E-state index in [-0.39, 0.29) is 28.7 Å². The first-order valence-electron chi connectivity index (χ1n) is 11.9. The number of hydrogen-bond donors (Lipinski definition) is 0. The molecule has 2 saturated heterocycles. The Hall–Kier alpha value is -1.54. The average Bonchev–Trinajstić information content (AvgIpc) is 3.43. The highest BCUT2D eigenvalue weighted by atomic mass is 32.2. The Morgan fingerprint density at radius 3 is 2.56 bits per heavy atom. The fourth-order valence-electron chi connectivity index (χ4n) is 5.33. The first-order valence-corrected chi connectivity index (χ1v) is 14.6. The molecule has 2 atom stereocenters. The van der Waals surface area contributed by atoms with Crippen LogP contribution in [-0.2, 0) is 14.6 Å². The normalized spacial score (nSPS) is 26.1. The molecule has 2 aliphatic heterocycles. The molecule has 8 heteroatoms. The molecule has 176 valence electrons. The molecule has 3 fully saturated rings. The van der Waals surface area contributed by atoms with Gasteiger partial charge >= 0.3 is 0 Å². The van der Waals surface area contributed by atoms with Crippen LogP contribution in [0.2, 0.25) is 0 Å². The van der Waals surface area contributed by atoms with Crippen LogP contribution in [0.3, 0.4) is 0 Å². The molecule has 0 N–H and O–H groups in total. The van der Waals surface area contributed by atoms with E-state index in [1.165, 1.54) is 37.4 Å². The van der Waals surface area contributed by atoms with Gasteiger partial charge in [0.05, 0.1) is 17.5 Å². The van der Waals surface area contributed by atoms with Gasteiger partial charge in [0.15, 0.2) is 15.0 Å². The van der Waals surface area contributed by atoms with Crippen LogP contribution in [0, 0.1) is 12.8 Å². The Morgan fingerprint density at radius 1 is 1.19 bits per heavy atom. The number of benzene rings is 1. The maximum absolute atomic E-state index is 12.7. The van der Waals surface area contributed by atoms with Crippen molar-refractivity contribution in [3.05, 3.63) is 23.8 Å². The third-order valence-corrected chi connectivity index (χ3v) is 10.3. The minimum atomic E-state index is -3.07. The zero-order chi connectivity index (χ0) is 22.9. The van der Waals surface area contributed by atoms with Crippen LogP contribution in [0.5, 0.6) is 0 Å². The summed E-state index contributed by atoms with van der Waals surface area (Å²) in [5.74, 6) is 0.859. The van der Waals surface area contributed by atoms with Gasteiger partial charge in [-0.3, -0.25) is 4.79 Å². The van der Waals surface area contributed by atoms with Gasteiger partial charge in [-0.05, 0) is 56.9 Å². The molecule has 6 nitrogen and oxygen atoms in total. The summed E-state index contributed by atoms with van der Waals surface area (Å²) < 4.78 is 24.7. The number of amidine groups is 1. The van der Waals surface area contributed by atoms with E-state index in [0.717, 1.165) is 36.4 Å². The SMILES string of the molecule is CCN(CC)c1ccc(N2C(=NC(=O)CCC3CCCC3)S[C@@H]3CS(=O)(=O)C[C@H]32)c(C)c1. The van der Waals surface area contributed by atoms with E-state index in [0.29, 0.717) is 17.5 Å². The molecule has 1 amide bonds. The highest BCUT2D eigenvalue weighted by Crippen LogP contribution is 2.42. The van der Waals surface area contributed by atoms with Crippen molar-refractivity contribution in [1.82, 2.24) is 0 Å². The molecule has 32 heavy (non-hydrogen) atoms. The predicted molar refractivity (Wildman–Crippen MR) is 135 cm³/mol. The van der Waals surface area contributed by atoms with E-state index in [1.54, 1.807) is 0 Å². The lowest BCUT2D eigenvalue weighted by Crippen LogP contribution is -2.38. The zero-order valence-corrected chi connectivity index (χ0v) is 21.1. The number of fused-ring (bicyclic) bond motifs is 1. The third-order valence-electron chi connectivity index (χ3n) is 7.10. The van der Waals surface area contributed by atoms with Crippen molar-refractivity contribution in [2.45, 2.75) is 70.6 Å². The molecule has 4 rings (SSSR count). The molecule has 0 unspecified atom stereocenters. The number of aliphatic imine (C=N–C) groups is 1.